The molecule has 0 aromatic heterocycles. The van der Waals surface area contributed by atoms with Crippen LogP contribution in [0.5, 0.6) is 5.75 Å². The molecule has 0 aliphatic heterocycles. The van der Waals surface area contributed by atoms with E-state index >= 15 is 0 Å². The Morgan fingerprint density at radius 1 is 1.36 bits per heavy atom. The van der Waals surface area contributed by atoms with Gasteiger partial charge in [-0.25, -0.2) is 0 Å². The van der Waals surface area contributed by atoms with Crippen molar-refractivity contribution in [2.45, 2.75) is 26.2 Å². The van der Waals surface area contributed by atoms with Crippen LogP contribution in [0.25, 0.3) is 6.08 Å². The van der Waals surface area contributed by atoms with Gasteiger partial charge in [0, 0.05) is 6.54 Å². The lowest BCUT2D eigenvalue weighted by molar-refractivity contribution is -0.116. The van der Waals surface area contributed by atoms with Crippen LogP contribution in [-0.2, 0) is 4.79 Å². The molecule has 0 spiro atoms. The van der Waals surface area contributed by atoms with Gasteiger partial charge in [-0.05, 0) is 30.2 Å². The maximum Gasteiger partial charge on any atom is 0.262 e. The highest BCUT2D eigenvalue weighted by Crippen LogP contribution is 2.15. The maximum atomic E-state index is 11.7. The van der Waals surface area contributed by atoms with Crippen molar-refractivity contribution in [3.8, 4) is 11.8 Å². The van der Waals surface area contributed by atoms with Crippen molar-refractivity contribution in [1.29, 1.82) is 5.26 Å². The molecule has 22 heavy (non-hydrogen) atoms. The SMILES string of the molecule is C=CCNC(=O)/C(C#N)=C/c1ccc(OCCCCC)cc1. The zero-order valence-electron chi connectivity index (χ0n) is 13.0. The van der Waals surface area contributed by atoms with Gasteiger partial charge in [0.05, 0.1) is 6.61 Å². The molecular weight excluding hydrogens is 276 g/mol. The number of nitrogens with zero attached hydrogens (tertiary/aromatic N) is 1. The molecule has 0 unspecified atom stereocenters. The molecule has 0 radical (unpaired) electrons. The Labute approximate surface area is 132 Å². The predicted octanol–water partition coefficient (Wildman–Crippen LogP) is 3.46. The molecule has 116 valence electrons. The lowest BCUT2D eigenvalue weighted by Crippen LogP contribution is -2.24. The van der Waals surface area contributed by atoms with Crippen molar-refractivity contribution < 1.29 is 9.53 Å². The quantitative estimate of drug-likeness (QED) is 0.329. The monoisotopic (exact) mass is 298 g/mol. The van der Waals surface area contributed by atoms with E-state index < -0.39 is 5.91 Å². The van der Waals surface area contributed by atoms with Crippen LogP contribution >= 0.6 is 0 Å². The standard InChI is InChI=1S/C18H22N2O2/c1-3-5-6-12-22-17-9-7-15(8-10-17)13-16(14-19)18(21)20-11-4-2/h4,7-10,13H,2-3,5-6,11-12H2,1H3,(H,20,21)/b16-13+. The Morgan fingerprint density at radius 3 is 2.68 bits per heavy atom. The molecule has 0 saturated heterocycles. The number of rotatable bonds is 9. The molecule has 0 aliphatic rings. The van der Waals surface area contributed by atoms with Crippen molar-refractivity contribution in [1.82, 2.24) is 5.32 Å². The number of benzene rings is 1. The molecule has 1 aromatic rings. The summed E-state index contributed by atoms with van der Waals surface area (Å²) in [6.07, 6.45) is 6.49. The van der Waals surface area contributed by atoms with Gasteiger partial charge in [-0.3, -0.25) is 4.79 Å². The first-order valence-electron chi connectivity index (χ1n) is 7.45. The third-order valence-electron chi connectivity index (χ3n) is 2.98. The second-order valence-corrected chi connectivity index (χ2v) is 4.79. The molecule has 0 heterocycles. The molecule has 1 amide bonds. The highest BCUT2D eigenvalue weighted by atomic mass is 16.5. The van der Waals surface area contributed by atoms with Crippen LogP contribution in [-0.4, -0.2) is 19.1 Å². The van der Waals surface area contributed by atoms with Gasteiger partial charge in [-0.15, -0.1) is 6.58 Å². The van der Waals surface area contributed by atoms with E-state index in [2.05, 4.69) is 18.8 Å². The first-order valence-corrected chi connectivity index (χ1v) is 7.45. The first kappa shape index (κ1) is 17.5. The zero-order chi connectivity index (χ0) is 16.2. The van der Waals surface area contributed by atoms with Crippen LogP contribution < -0.4 is 10.1 Å². The van der Waals surface area contributed by atoms with Crippen molar-refractivity contribution >= 4 is 12.0 Å². The summed E-state index contributed by atoms with van der Waals surface area (Å²) in [5.41, 5.74) is 0.852. The second kappa shape index (κ2) is 10.2. The molecule has 0 fully saturated rings. The number of ether oxygens (including phenoxy) is 1. The summed E-state index contributed by atoms with van der Waals surface area (Å²) in [4.78, 5) is 11.7. The molecular formula is C18H22N2O2. The average Bonchev–Trinajstić information content (AvgIpc) is 2.55. The van der Waals surface area contributed by atoms with Crippen LogP contribution in [0.3, 0.4) is 0 Å². The van der Waals surface area contributed by atoms with Crippen LogP contribution in [0.2, 0.25) is 0 Å². The largest absolute Gasteiger partial charge is 0.494 e. The third kappa shape index (κ3) is 6.27. The number of amides is 1. The third-order valence-corrected chi connectivity index (χ3v) is 2.98. The topological polar surface area (TPSA) is 62.1 Å². The van der Waals surface area contributed by atoms with E-state index in [9.17, 15) is 4.79 Å². The van der Waals surface area contributed by atoms with E-state index in [-0.39, 0.29) is 5.57 Å². The fourth-order valence-electron chi connectivity index (χ4n) is 1.78. The van der Waals surface area contributed by atoms with E-state index in [0.29, 0.717) is 13.2 Å². The van der Waals surface area contributed by atoms with E-state index in [1.54, 1.807) is 12.2 Å². The van der Waals surface area contributed by atoms with Crippen molar-refractivity contribution in [3.63, 3.8) is 0 Å². The minimum atomic E-state index is -0.401. The highest BCUT2D eigenvalue weighted by molar-refractivity contribution is 6.01. The van der Waals surface area contributed by atoms with Gasteiger partial charge >= 0.3 is 0 Å². The Hall–Kier alpha value is -2.54. The number of nitriles is 1. The number of carbonyl (C=O) groups excluding carboxylic acids is 1. The van der Waals surface area contributed by atoms with Crippen LogP contribution in [0.1, 0.15) is 31.7 Å². The molecule has 4 heteroatoms. The molecule has 0 saturated carbocycles. The zero-order valence-corrected chi connectivity index (χ0v) is 13.0. The summed E-state index contributed by atoms with van der Waals surface area (Å²) in [6, 6.07) is 9.24. The van der Waals surface area contributed by atoms with E-state index in [1.165, 1.54) is 0 Å². The van der Waals surface area contributed by atoms with Gasteiger partial charge in [-0.1, -0.05) is 38.0 Å². The van der Waals surface area contributed by atoms with Crippen molar-refractivity contribution in [2.24, 2.45) is 0 Å². The van der Waals surface area contributed by atoms with E-state index in [1.807, 2.05) is 30.3 Å². The molecule has 1 aromatic carbocycles. The minimum absolute atomic E-state index is 0.0680. The van der Waals surface area contributed by atoms with Crippen LogP contribution in [0.15, 0.2) is 42.5 Å². The maximum absolute atomic E-state index is 11.7. The molecule has 4 nitrogen and oxygen atoms in total. The van der Waals surface area contributed by atoms with Gasteiger partial charge < -0.3 is 10.1 Å². The summed E-state index contributed by atoms with van der Waals surface area (Å²) in [5, 5.41) is 11.6. The highest BCUT2D eigenvalue weighted by Gasteiger charge is 2.07. The molecule has 1 N–H and O–H groups in total. The van der Waals surface area contributed by atoms with E-state index in [4.69, 9.17) is 10.00 Å². The second-order valence-electron chi connectivity index (χ2n) is 4.79. The minimum Gasteiger partial charge on any atom is -0.494 e. The van der Waals surface area contributed by atoms with Gasteiger partial charge in [-0.2, -0.15) is 5.26 Å². The Morgan fingerprint density at radius 2 is 2.09 bits per heavy atom. The van der Waals surface area contributed by atoms with Gasteiger partial charge in [0.1, 0.15) is 17.4 Å². The molecule has 0 bridgehead atoms. The normalized spacial score (nSPS) is 10.6. The van der Waals surface area contributed by atoms with Gasteiger partial charge in [0.2, 0.25) is 0 Å². The fourth-order valence-corrected chi connectivity index (χ4v) is 1.78. The Kier molecular flexibility index (Phi) is 8.14. The number of hydrogen-bond donors (Lipinski definition) is 1. The first-order chi connectivity index (χ1) is 10.7. The summed E-state index contributed by atoms with van der Waals surface area (Å²) in [7, 11) is 0. The predicted molar refractivity (Wildman–Crippen MR) is 88.3 cm³/mol. The lowest BCUT2D eigenvalue weighted by Gasteiger charge is -2.06. The molecule has 0 aliphatic carbocycles. The molecule has 1 rings (SSSR count). The van der Waals surface area contributed by atoms with Crippen molar-refractivity contribution in [3.05, 3.63) is 48.1 Å². The molecule has 0 atom stereocenters. The summed E-state index contributed by atoms with van der Waals surface area (Å²) in [6.45, 7) is 6.71. The smallest absolute Gasteiger partial charge is 0.262 e. The number of carbonyl (C=O) groups is 1. The van der Waals surface area contributed by atoms with Crippen LogP contribution in [0, 0.1) is 11.3 Å². The van der Waals surface area contributed by atoms with E-state index in [0.717, 1.165) is 30.6 Å². The Balaban J connectivity index is 2.64. The summed E-state index contributed by atoms with van der Waals surface area (Å²) in [5.74, 6) is 0.394. The Bertz CT molecular complexity index is 553. The van der Waals surface area contributed by atoms with Crippen molar-refractivity contribution in [2.75, 3.05) is 13.2 Å². The fraction of sp³-hybridized carbons (Fsp3) is 0.333. The lowest BCUT2D eigenvalue weighted by atomic mass is 10.1. The average molecular weight is 298 g/mol. The summed E-state index contributed by atoms with van der Waals surface area (Å²) >= 11 is 0. The summed E-state index contributed by atoms with van der Waals surface area (Å²) < 4.78 is 5.62. The van der Waals surface area contributed by atoms with Gasteiger partial charge in [0.25, 0.3) is 5.91 Å². The number of nitrogens with one attached hydrogen (secondary N) is 1. The number of unbranched alkanes of at least 4 members (excludes halogenated alkanes) is 2. The van der Waals surface area contributed by atoms with Crippen LogP contribution in [0.4, 0.5) is 0 Å². The van der Waals surface area contributed by atoms with Gasteiger partial charge in [0.15, 0.2) is 0 Å². The number of hydrogen-bond acceptors (Lipinski definition) is 3.